The fraction of sp³-hybridized carbons (Fsp3) is 0.344. The van der Waals surface area contributed by atoms with E-state index in [-0.39, 0.29) is 10.8 Å². The lowest BCUT2D eigenvalue weighted by Crippen LogP contribution is -2.27. The second kappa shape index (κ2) is 8.63. The monoisotopic (exact) mass is 549 g/mol. The summed E-state index contributed by atoms with van der Waals surface area (Å²) in [6, 6.07) is 10.4. The number of hydrogen-bond donors (Lipinski definition) is 0. The SMILES string of the molecule is CCN1C(=CC=C2CCC(C=CC3=[N+](CC)c4ccc(Cl)cc4C3(C)C)=C2Cl)C2(C)c3c(Cl)ccc1c32. The van der Waals surface area contributed by atoms with Gasteiger partial charge in [0.15, 0.2) is 5.71 Å². The summed E-state index contributed by atoms with van der Waals surface area (Å²) in [5.74, 6) is 0. The molecule has 2 aliphatic heterocycles. The molecule has 5 heteroatoms. The Kier molecular flexibility index (Phi) is 5.84. The third-order valence-electron chi connectivity index (χ3n) is 8.76. The van der Waals surface area contributed by atoms with Crippen LogP contribution in [0.4, 0.5) is 11.4 Å². The molecule has 0 fully saturated rings. The van der Waals surface area contributed by atoms with Crippen LogP contribution in [-0.4, -0.2) is 23.4 Å². The molecule has 0 saturated carbocycles. The summed E-state index contributed by atoms with van der Waals surface area (Å²) < 4.78 is 2.39. The zero-order valence-corrected chi connectivity index (χ0v) is 24.3. The largest absolute Gasteiger partial charge is 0.344 e. The third kappa shape index (κ3) is 3.49. The maximum absolute atomic E-state index is 6.96. The van der Waals surface area contributed by atoms with Crippen molar-refractivity contribution in [3.05, 3.63) is 103 Å². The number of rotatable bonds is 5. The van der Waals surface area contributed by atoms with Gasteiger partial charge < -0.3 is 4.90 Å². The molecule has 0 amide bonds. The molecule has 0 radical (unpaired) electrons. The summed E-state index contributed by atoms with van der Waals surface area (Å²) in [5, 5.41) is 2.54. The quantitative estimate of drug-likeness (QED) is 0.336. The smallest absolute Gasteiger partial charge is 0.209 e. The van der Waals surface area contributed by atoms with E-state index in [4.69, 9.17) is 34.8 Å². The first-order valence-electron chi connectivity index (χ1n) is 13.2. The van der Waals surface area contributed by atoms with Gasteiger partial charge in [0.25, 0.3) is 0 Å². The fourth-order valence-corrected chi connectivity index (χ4v) is 7.60. The van der Waals surface area contributed by atoms with Crippen LogP contribution in [0.15, 0.2) is 76.5 Å². The second-order valence-electron chi connectivity index (χ2n) is 11.0. The van der Waals surface area contributed by atoms with E-state index in [1.165, 1.54) is 50.6 Å². The highest BCUT2D eigenvalue weighted by atomic mass is 35.5. The maximum atomic E-state index is 6.96. The van der Waals surface area contributed by atoms with Crippen LogP contribution in [0.5, 0.6) is 0 Å². The highest BCUT2D eigenvalue weighted by molar-refractivity contribution is 6.33. The first-order valence-corrected chi connectivity index (χ1v) is 14.3. The van der Waals surface area contributed by atoms with Crippen molar-refractivity contribution in [2.24, 2.45) is 0 Å². The van der Waals surface area contributed by atoms with Crippen molar-refractivity contribution in [1.82, 2.24) is 0 Å². The van der Waals surface area contributed by atoms with E-state index in [0.717, 1.165) is 41.0 Å². The summed E-state index contributed by atoms with van der Waals surface area (Å²) in [6.45, 7) is 13.1. The van der Waals surface area contributed by atoms with Crippen LogP contribution in [0.1, 0.15) is 64.2 Å². The van der Waals surface area contributed by atoms with Crippen molar-refractivity contribution in [1.29, 1.82) is 0 Å². The molecule has 0 saturated heterocycles. The fourth-order valence-electron chi connectivity index (χ4n) is 6.77. The Labute approximate surface area is 235 Å². The molecule has 0 aromatic heterocycles. The Morgan fingerprint density at radius 3 is 2.46 bits per heavy atom. The van der Waals surface area contributed by atoms with Gasteiger partial charge >= 0.3 is 0 Å². The predicted molar refractivity (Wildman–Crippen MR) is 158 cm³/mol. The average Bonchev–Trinajstić information content (AvgIpc) is 3.12. The minimum absolute atomic E-state index is 0.0628. The van der Waals surface area contributed by atoms with Crippen molar-refractivity contribution in [3.8, 4) is 0 Å². The molecule has 1 unspecified atom stereocenters. The Bertz CT molecular complexity index is 1520. The highest BCUT2D eigenvalue weighted by Gasteiger charge is 2.59. The molecule has 37 heavy (non-hydrogen) atoms. The first-order chi connectivity index (χ1) is 17.6. The average molecular weight is 551 g/mol. The highest BCUT2D eigenvalue weighted by Crippen LogP contribution is 2.67. The molecule has 2 aromatic carbocycles. The van der Waals surface area contributed by atoms with Crippen molar-refractivity contribution in [2.75, 3.05) is 18.0 Å². The molecule has 4 aliphatic rings. The van der Waals surface area contributed by atoms with Crippen molar-refractivity contribution in [2.45, 2.75) is 58.3 Å². The lowest BCUT2D eigenvalue weighted by molar-refractivity contribution is -0.433. The van der Waals surface area contributed by atoms with Crippen molar-refractivity contribution in [3.63, 3.8) is 0 Å². The molecule has 190 valence electrons. The van der Waals surface area contributed by atoms with Crippen molar-refractivity contribution >= 4 is 51.9 Å². The van der Waals surface area contributed by atoms with E-state index in [1.807, 2.05) is 12.1 Å². The van der Waals surface area contributed by atoms with Gasteiger partial charge in [-0.15, -0.1) is 0 Å². The minimum Gasteiger partial charge on any atom is -0.344 e. The molecule has 0 spiro atoms. The van der Waals surface area contributed by atoms with Gasteiger partial charge in [-0.1, -0.05) is 47.0 Å². The molecule has 6 rings (SSSR count). The molecule has 1 atom stereocenters. The number of nitrogens with zero attached hydrogens (tertiary/aromatic N) is 2. The van der Waals surface area contributed by atoms with E-state index < -0.39 is 0 Å². The molecule has 2 nitrogen and oxygen atoms in total. The lowest BCUT2D eigenvalue weighted by atomic mass is 9.81. The van der Waals surface area contributed by atoms with Gasteiger partial charge in [-0.2, -0.15) is 4.58 Å². The summed E-state index contributed by atoms with van der Waals surface area (Å²) >= 11 is 19.9. The van der Waals surface area contributed by atoms with Crippen LogP contribution in [0.3, 0.4) is 0 Å². The zero-order valence-electron chi connectivity index (χ0n) is 22.1. The van der Waals surface area contributed by atoms with Crippen LogP contribution >= 0.6 is 34.8 Å². The maximum Gasteiger partial charge on any atom is 0.209 e. The number of fused-ring (bicyclic) bond motifs is 2. The number of allylic oxidation sites excluding steroid dienone is 8. The predicted octanol–water partition coefficient (Wildman–Crippen LogP) is 9.20. The zero-order chi connectivity index (χ0) is 26.3. The number of halogens is 3. The lowest BCUT2D eigenvalue weighted by Gasteiger charge is -2.26. The van der Waals surface area contributed by atoms with Crippen LogP contribution in [0.25, 0.3) is 0 Å². The van der Waals surface area contributed by atoms with E-state index in [2.05, 4.69) is 86.6 Å². The molecule has 0 N–H and O–H groups in total. The van der Waals surface area contributed by atoms with Gasteiger partial charge in [0, 0.05) is 50.7 Å². The van der Waals surface area contributed by atoms with Gasteiger partial charge in [-0.05, 0) is 100 Å². The van der Waals surface area contributed by atoms with E-state index >= 15 is 0 Å². The number of hydrogen-bond acceptors (Lipinski definition) is 1. The molecular weight excluding hydrogens is 519 g/mol. The Morgan fingerprint density at radius 2 is 1.73 bits per heavy atom. The third-order valence-corrected chi connectivity index (χ3v) is 9.80. The standard InChI is InChI=1S/C32H32Cl3N2/c1-6-36-24-14-12-21(33)18-22(24)31(3,4)26(36)16-10-19-8-9-20(30(19)35)11-17-27-32(5)28-23(34)13-15-25(29(28)32)37(27)7-2/h10-18H,6-9H2,1-5H3/q+1. The topological polar surface area (TPSA) is 6.25 Å². The molecular formula is C32H32Cl3N2+. The molecule has 2 heterocycles. The summed E-state index contributed by atoms with van der Waals surface area (Å²) in [5.41, 5.74) is 11.3. The molecule has 0 bridgehead atoms. The van der Waals surface area contributed by atoms with Crippen LogP contribution in [0, 0.1) is 0 Å². The second-order valence-corrected chi connectivity index (χ2v) is 12.2. The normalized spacial score (nSPS) is 25.4. The first kappa shape index (κ1) is 25.0. The number of benzene rings is 2. The Morgan fingerprint density at radius 1 is 0.946 bits per heavy atom. The van der Waals surface area contributed by atoms with Gasteiger partial charge in [-0.3, -0.25) is 0 Å². The van der Waals surface area contributed by atoms with Gasteiger partial charge in [-0.25, -0.2) is 0 Å². The van der Waals surface area contributed by atoms with E-state index in [1.54, 1.807) is 0 Å². The van der Waals surface area contributed by atoms with Gasteiger partial charge in [0.2, 0.25) is 5.69 Å². The van der Waals surface area contributed by atoms with Gasteiger partial charge in [0.05, 0.1) is 10.8 Å². The van der Waals surface area contributed by atoms with Crippen LogP contribution in [0.2, 0.25) is 10.0 Å². The van der Waals surface area contributed by atoms with Gasteiger partial charge in [0.1, 0.15) is 6.54 Å². The number of likely N-dealkylation sites (N-methyl/N-ethyl adjacent to an activating group) is 1. The minimum atomic E-state index is -0.123. The Hall–Kier alpha value is -2.26. The van der Waals surface area contributed by atoms with Crippen LogP contribution < -0.4 is 4.90 Å². The van der Waals surface area contributed by atoms with E-state index in [0.29, 0.717) is 0 Å². The summed E-state index contributed by atoms with van der Waals surface area (Å²) in [6.07, 6.45) is 10.9. The molecule has 2 aromatic rings. The van der Waals surface area contributed by atoms with Crippen LogP contribution in [-0.2, 0) is 10.8 Å². The van der Waals surface area contributed by atoms with E-state index in [9.17, 15) is 0 Å². The molecule has 2 aliphatic carbocycles. The summed E-state index contributed by atoms with van der Waals surface area (Å²) in [4.78, 5) is 2.41. The Balaban J connectivity index is 1.30. The summed E-state index contributed by atoms with van der Waals surface area (Å²) in [7, 11) is 0. The number of anilines is 1. The van der Waals surface area contributed by atoms with Crippen molar-refractivity contribution < 1.29 is 4.58 Å².